The number of esters is 1. The van der Waals surface area contributed by atoms with Crippen molar-refractivity contribution < 1.29 is 19.4 Å². The first-order valence-electron chi connectivity index (χ1n) is 9.89. The molecule has 5 nitrogen and oxygen atoms in total. The largest absolute Gasteiger partial charge is 0.491 e. The zero-order chi connectivity index (χ0) is 19.8. The molecule has 2 aromatic carbocycles. The lowest BCUT2D eigenvalue weighted by molar-refractivity contribution is 0.0549. The third-order valence-electron chi connectivity index (χ3n) is 5.26. The molecule has 2 aromatic rings. The van der Waals surface area contributed by atoms with Gasteiger partial charge < -0.3 is 19.5 Å². The van der Waals surface area contributed by atoms with Gasteiger partial charge in [0.25, 0.3) is 0 Å². The predicted octanol–water partition coefficient (Wildman–Crippen LogP) is 3.59. The Kier molecular flexibility index (Phi) is 9.45. The van der Waals surface area contributed by atoms with Crippen molar-refractivity contribution in [1.29, 1.82) is 0 Å². The van der Waals surface area contributed by atoms with Crippen LogP contribution in [0.3, 0.4) is 0 Å². The number of methoxy groups -OCH3 is 1. The van der Waals surface area contributed by atoms with Crippen LogP contribution in [-0.4, -0.2) is 55.4 Å². The van der Waals surface area contributed by atoms with Crippen molar-refractivity contribution in [2.24, 2.45) is 5.92 Å². The first-order valence-corrected chi connectivity index (χ1v) is 9.89. The maximum atomic E-state index is 11.4. The first-order chi connectivity index (χ1) is 13.6. The van der Waals surface area contributed by atoms with Crippen molar-refractivity contribution in [1.82, 2.24) is 4.90 Å². The molecular formula is C23H30ClNO4. The standard InChI is InChI=1S/C23H29NO4.ClH/c1-27-23(26)20-7-9-22(10-8-20)28-17-21(25)16-24-13-11-19(12-14-24)15-18-5-3-2-4-6-18;/h2-10,19,21,25H,11-17H2,1H3;1H. The number of hydrogen-bond donors (Lipinski definition) is 1. The Morgan fingerprint density at radius 3 is 2.38 bits per heavy atom. The van der Waals surface area contributed by atoms with Crippen molar-refractivity contribution in [3.8, 4) is 5.75 Å². The average Bonchev–Trinajstić information content (AvgIpc) is 2.74. The topological polar surface area (TPSA) is 59.0 Å². The Bertz CT molecular complexity index is 730. The van der Waals surface area contributed by atoms with Gasteiger partial charge in [0, 0.05) is 6.54 Å². The Balaban J connectivity index is 0.00000300. The fourth-order valence-corrected chi connectivity index (χ4v) is 3.67. The van der Waals surface area contributed by atoms with E-state index in [1.54, 1.807) is 24.3 Å². The number of ether oxygens (including phenoxy) is 2. The molecule has 1 atom stereocenters. The number of aliphatic hydroxyl groups is 1. The van der Waals surface area contributed by atoms with Crippen LogP contribution < -0.4 is 4.74 Å². The number of benzene rings is 2. The molecular weight excluding hydrogens is 390 g/mol. The molecule has 1 fully saturated rings. The molecule has 0 saturated carbocycles. The molecule has 1 heterocycles. The maximum absolute atomic E-state index is 11.4. The molecule has 158 valence electrons. The summed E-state index contributed by atoms with van der Waals surface area (Å²) in [4.78, 5) is 13.7. The molecule has 0 bridgehead atoms. The normalized spacial score (nSPS) is 15.9. The minimum absolute atomic E-state index is 0. The summed E-state index contributed by atoms with van der Waals surface area (Å²) in [6.45, 7) is 2.89. The molecule has 1 saturated heterocycles. The van der Waals surface area contributed by atoms with Crippen molar-refractivity contribution in [3.63, 3.8) is 0 Å². The van der Waals surface area contributed by atoms with Gasteiger partial charge in [-0.3, -0.25) is 0 Å². The van der Waals surface area contributed by atoms with Gasteiger partial charge in [-0.25, -0.2) is 4.79 Å². The predicted molar refractivity (Wildman–Crippen MR) is 116 cm³/mol. The van der Waals surface area contributed by atoms with E-state index in [2.05, 4.69) is 40.0 Å². The molecule has 0 aromatic heterocycles. The summed E-state index contributed by atoms with van der Waals surface area (Å²) >= 11 is 0. The molecule has 1 aliphatic rings. The number of piperidine rings is 1. The summed E-state index contributed by atoms with van der Waals surface area (Å²) in [7, 11) is 1.35. The number of halogens is 1. The van der Waals surface area contributed by atoms with Gasteiger partial charge in [-0.1, -0.05) is 30.3 Å². The number of rotatable bonds is 8. The van der Waals surface area contributed by atoms with Crippen LogP contribution in [-0.2, 0) is 11.2 Å². The van der Waals surface area contributed by atoms with Gasteiger partial charge in [0.15, 0.2) is 0 Å². The van der Waals surface area contributed by atoms with Gasteiger partial charge in [-0.15, -0.1) is 12.4 Å². The zero-order valence-corrected chi connectivity index (χ0v) is 17.6. The van der Waals surface area contributed by atoms with E-state index in [1.807, 2.05) is 0 Å². The van der Waals surface area contributed by atoms with Crippen molar-refractivity contribution >= 4 is 18.4 Å². The van der Waals surface area contributed by atoms with Crippen LogP contribution >= 0.6 is 12.4 Å². The van der Waals surface area contributed by atoms with Crippen LogP contribution in [0.15, 0.2) is 54.6 Å². The van der Waals surface area contributed by atoms with E-state index in [1.165, 1.54) is 12.7 Å². The van der Waals surface area contributed by atoms with Crippen molar-refractivity contribution in [2.45, 2.75) is 25.4 Å². The van der Waals surface area contributed by atoms with Crippen LogP contribution in [0, 0.1) is 5.92 Å². The Morgan fingerprint density at radius 1 is 1.10 bits per heavy atom. The third-order valence-corrected chi connectivity index (χ3v) is 5.26. The number of carbonyl (C=O) groups is 1. The minimum atomic E-state index is -0.536. The summed E-state index contributed by atoms with van der Waals surface area (Å²) in [5, 5.41) is 10.3. The van der Waals surface area contributed by atoms with Crippen LogP contribution in [0.2, 0.25) is 0 Å². The Morgan fingerprint density at radius 2 is 1.76 bits per heavy atom. The van der Waals surface area contributed by atoms with E-state index < -0.39 is 6.10 Å². The van der Waals surface area contributed by atoms with E-state index in [9.17, 15) is 9.90 Å². The van der Waals surface area contributed by atoms with Crippen LogP contribution in [0.5, 0.6) is 5.75 Å². The van der Waals surface area contributed by atoms with Crippen LogP contribution in [0.4, 0.5) is 0 Å². The van der Waals surface area contributed by atoms with Crippen LogP contribution in [0.25, 0.3) is 0 Å². The average molecular weight is 420 g/mol. The lowest BCUT2D eigenvalue weighted by Crippen LogP contribution is -2.41. The summed E-state index contributed by atoms with van der Waals surface area (Å²) in [6.07, 6.45) is 2.93. The molecule has 0 amide bonds. The second kappa shape index (κ2) is 11.8. The monoisotopic (exact) mass is 419 g/mol. The second-order valence-corrected chi connectivity index (χ2v) is 7.41. The first kappa shape index (κ1) is 23.2. The van der Waals surface area contributed by atoms with E-state index >= 15 is 0 Å². The van der Waals surface area contributed by atoms with E-state index in [0.717, 1.165) is 38.3 Å². The molecule has 1 unspecified atom stereocenters. The van der Waals surface area contributed by atoms with E-state index in [-0.39, 0.29) is 25.0 Å². The Labute approximate surface area is 179 Å². The quantitative estimate of drug-likeness (QED) is 0.662. The highest BCUT2D eigenvalue weighted by molar-refractivity contribution is 5.89. The second-order valence-electron chi connectivity index (χ2n) is 7.41. The molecule has 29 heavy (non-hydrogen) atoms. The van der Waals surface area contributed by atoms with Crippen molar-refractivity contribution in [3.05, 3.63) is 65.7 Å². The Hall–Kier alpha value is -2.08. The van der Waals surface area contributed by atoms with E-state index in [0.29, 0.717) is 17.9 Å². The molecule has 0 aliphatic carbocycles. The number of nitrogens with zero attached hydrogens (tertiary/aromatic N) is 1. The van der Waals surface area contributed by atoms with Gasteiger partial charge in [0.1, 0.15) is 18.5 Å². The number of carbonyl (C=O) groups excluding carboxylic acids is 1. The maximum Gasteiger partial charge on any atom is 0.337 e. The van der Waals surface area contributed by atoms with Gasteiger partial charge in [-0.2, -0.15) is 0 Å². The smallest absolute Gasteiger partial charge is 0.337 e. The molecule has 1 aliphatic heterocycles. The summed E-state index contributed by atoms with van der Waals surface area (Å²) < 4.78 is 10.3. The summed E-state index contributed by atoms with van der Waals surface area (Å²) in [5.41, 5.74) is 1.89. The number of likely N-dealkylation sites (tertiary alicyclic amines) is 1. The van der Waals surface area contributed by atoms with Crippen LogP contribution in [0.1, 0.15) is 28.8 Å². The highest BCUT2D eigenvalue weighted by Crippen LogP contribution is 2.22. The highest BCUT2D eigenvalue weighted by Gasteiger charge is 2.21. The van der Waals surface area contributed by atoms with Gasteiger partial charge in [0.05, 0.1) is 12.7 Å². The lowest BCUT2D eigenvalue weighted by Gasteiger charge is -2.33. The fourth-order valence-electron chi connectivity index (χ4n) is 3.67. The number of aliphatic hydroxyl groups excluding tert-OH is 1. The zero-order valence-electron chi connectivity index (χ0n) is 16.8. The SMILES string of the molecule is COC(=O)c1ccc(OCC(O)CN2CCC(Cc3ccccc3)CC2)cc1.Cl. The summed E-state index contributed by atoms with van der Waals surface area (Å²) in [6, 6.07) is 17.4. The molecule has 1 N–H and O–H groups in total. The molecule has 6 heteroatoms. The molecule has 3 rings (SSSR count). The highest BCUT2D eigenvalue weighted by atomic mass is 35.5. The number of hydrogen-bond acceptors (Lipinski definition) is 5. The van der Waals surface area contributed by atoms with Gasteiger partial charge >= 0.3 is 5.97 Å². The molecule has 0 spiro atoms. The van der Waals surface area contributed by atoms with Gasteiger partial charge in [-0.05, 0) is 68.1 Å². The van der Waals surface area contributed by atoms with E-state index in [4.69, 9.17) is 4.74 Å². The summed E-state index contributed by atoms with van der Waals surface area (Å²) in [5.74, 6) is 0.982. The van der Waals surface area contributed by atoms with Crippen molar-refractivity contribution in [2.75, 3.05) is 33.4 Å². The number of β-amino-alcohol motifs (C(OH)–C–C–N with tert-alkyl or cyclic N) is 1. The third kappa shape index (κ3) is 7.35. The fraction of sp³-hybridized carbons (Fsp3) is 0.435. The minimum Gasteiger partial charge on any atom is -0.491 e. The van der Waals surface area contributed by atoms with Gasteiger partial charge in [0.2, 0.25) is 0 Å². The molecule has 0 radical (unpaired) electrons. The lowest BCUT2D eigenvalue weighted by atomic mass is 9.90.